The van der Waals surface area contributed by atoms with Gasteiger partial charge in [-0.3, -0.25) is 0 Å². The lowest BCUT2D eigenvalue weighted by Gasteiger charge is -2.61. The monoisotopic (exact) mass is 312 g/mol. The van der Waals surface area contributed by atoms with E-state index in [0.29, 0.717) is 10.8 Å². The molecule has 0 nitrogen and oxygen atoms in total. The van der Waals surface area contributed by atoms with Crippen LogP contribution in [0.4, 0.5) is 0 Å². The van der Waals surface area contributed by atoms with Crippen LogP contribution in [-0.4, -0.2) is 0 Å². The average molecular weight is 313 g/mol. The molecular weight excluding hydrogens is 276 g/mol. The summed E-state index contributed by atoms with van der Waals surface area (Å²) in [7, 11) is 0. The molecule has 0 spiro atoms. The number of allylic oxidation sites excluding steroid dienone is 3. The van der Waals surface area contributed by atoms with Gasteiger partial charge in [-0.2, -0.15) is 0 Å². The Bertz CT molecular complexity index is 540. The molecular formula is C23H36. The first kappa shape index (κ1) is 16.0. The zero-order valence-electron chi connectivity index (χ0n) is 15.8. The first-order valence-electron chi connectivity index (χ1n) is 10.2. The Labute approximate surface area is 143 Å². The SMILES string of the molecule is C=C(C)C1=CCC2C3CC[C@H]4CC(C)CC[C@]4(C)C3CC[C@]12C. The molecule has 0 amide bonds. The summed E-state index contributed by atoms with van der Waals surface area (Å²) in [5.74, 6) is 4.89. The van der Waals surface area contributed by atoms with E-state index in [1.165, 1.54) is 56.9 Å². The highest BCUT2D eigenvalue weighted by Gasteiger charge is 2.58. The van der Waals surface area contributed by atoms with Crippen molar-refractivity contribution >= 4 is 0 Å². The highest BCUT2D eigenvalue weighted by molar-refractivity contribution is 5.38. The molecule has 0 N–H and O–H groups in total. The first-order valence-corrected chi connectivity index (χ1v) is 10.2. The smallest absolute Gasteiger partial charge is 0.00420 e. The minimum Gasteiger partial charge on any atom is -0.0958 e. The molecule has 0 aromatic heterocycles. The Morgan fingerprint density at radius 3 is 2.61 bits per heavy atom. The molecule has 0 aromatic carbocycles. The lowest BCUT2D eigenvalue weighted by atomic mass is 9.44. The fourth-order valence-electron chi connectivity index (χ4n) is 7.70. The molecule has 4 unspecified atom stereocenters. The van der Waals surface area contributed by atoms with Crippen LogP contribution in [0.3, 0.4) is 0 Å². The molecule has 4 rings (SSSR count). The number of hydrogen-bond donors (Lipinski definition) is 0. The zero-order valence-corrected chi connectivity index (χ0v) is 15.8. The number of rotatable bonds is 1. The van der Waals surface area contributed by atoms with E-state index < -0.39 is 0 Å². The lowest BCUT2D eigenvalue weighted by Crippen LogP contribution is -2.53. The van der Waals surface area contributed by atoms with Crippen LogP contribution in [0, 0.1) is 40.4 Å². The fraction of sp³-hybridized carbons (Fsp3) is 0.826. The molecule has 0 radical (unpaired) electrons. The van der Waals surface area contributed by atoms with Crippen molar-refractivity contribution in [2.45, 2.75) is 79.1 Å². The van der Waals surface area contributed by atoms with Gasteiger partial charge < -0.3 is 0 Å². The molecule has 0 aliphatic heterocycles. The van der Waals surface area contributed by atoms with Gasteiger partial charge in [0.25, 0.3) is 0 Å². The van der Waals surface area contributed by atoms with Gasteiger partial charge in [-0.25, -0.2) is 0 Å². The van der Waals surface area contributed by atoms with Crippen molar-refractivity contribution in [3.63, 3.8) is 0 Å². The van der Waals surface area contributed by atoms with E-state index >= 15 is 0 Å². The molecule has 0 saturated heterocycles. The van der Waals surface area contributed by atoms with Crippen LogP contribution >= 0.6 is 0 Å². The van der Waals surface area contributed by atoms with Crippen LogP contribution in [0.25, 0.3) is 0 Å². The van der Waals surface area contributed by atoms with Crippen LogP contribution in [0.1, 0.15) is 79.1 Å². The topological polar surface area (TPSA) is 0 Å². The average Bonchev–Trinajstić information content (AvgIpc) is 2.85. The zero-order chi connectivity index (χ0) is 16.4. The minimum absolute atomic E-state index is 0.443. The van der Waals surface area contributed by atoms with Gasteiger partial charge in [-0.05, 0) is 97.9 Å². The van der Waals surface area contributed by atoms with Crippen LogP contribution in [0.15, 0.2) is 23.8 Å². The maximum Gasteiger partial charge on any atom is -0.00420 e. The van der Waals surface area contributed by atoms with Crippen LogP contribution in [0.5, 0.6) is 0 Å². The van der Waals surface area contributed by atoms with Crippen molar-refractivity contribution in [1.82, 2.24) is 0 Å². The predicted molar refractivity (Wildman–Crippen MR) is 99.2 cm³/mol. The summed E-state index contributed by atoms with van der Waals surface area (Å²) >= 11 is 0. The summed E-state index contributed by atoms with van der Waals surface area (Å²) in [6.07, 6.45) is 14.3. The highest BCUT2D eigenvalue weighted by atomic mass is 14.6. The Kier molecular flexibility index (Phi) is 3.64. The summed E-state index contributed by atoms with van der Waals surface area (Å²) in [6, 6.07) is 0. The summed E-state index contributed by atoms with van der Waals surface area (Å²) < 4.78 is 0. The third kappa shape index (κ3) is 2.16. The van der Waals surface area contributed by atoms with Crippen molar-refractivity contribution in [2.75, 3.05) is 0 Å². The second-order valence-electron chi connectivity index (χ2n) is 10.1. The number of hydrogen-bond acceptors (Lipinski definition) is 0. The molecule has 4 aliphatic carbocycles. The molecule has 3 saturated carbocycles. The van der Waals surface area contributed by atoms with Gasteiger partial charge in [0.15, 0.2) is 0 Å². The Hall–Kier alpha value is -0.520. The lowest BCUT2D eigenvalue weighted by molar-refractivity contribution is -0.106. The van der Waals surface area contributed by atoms with Crippen molar-refractivity contribution in [1.29, 1.82) is 0 Å². The molecule has 7 atom stereocenters. The summed E-state index contributed by atoms with van der Waals surface area (Å²) in [5, 5.41) is 0. The van der Waals surface area contributed by atoms with Crippen molar-refractivity contribution < 1.29 is 0 Å². The largest absolute Gasteiger partial charge is 0.0958 e. The third-order valence-corrected chi connectivity index (χ3v) is 8.97. The van der Waals surface area contributed by atoms with Crippen molar-refractivity contribution in [2.24, 2.45) is 40.4 Å². The van der Waals surface area contributed by atoms with E-state index in [1.54, 1.807) is 5.57 Å². The molecule has 0 heterocycles. The van der Waals surface area contributed by atoms with Gasteiger partial charge in [-0.15, -0.1) is 0 Å². The Morgan fingerprint density at radius 2 is 1.87 bits per heavy atom. The standard InChI is InChI=1S/C23H36/c1-15(2)19-8-9-20-18-7-6-17-14-16(3)10-12-22(17,4)21(18)11-13-23(19,20)5/h8,16-18,20-21H,1,6-7,9-14H2,2-5H3/t16?,17-,18?,20?,21?,22-,23+/m0/s1. The maximum atomic E-state index is 4.30. The second-order valence-corrected chi connectivity index (χ2v) is 10.1. The minimum atomic E-state index is 0.443. The van der Waals surface area contributed by atoms with Crippen LogP contribution < -0.4 is 0 Å². The molecule has 23 heavy (non-hydrogen) atoms. The quantitative estimate of drug-likeness (QED) is 0.500. The van der Waals surface area contributed by atoms with Gasteiger partial charge in [0, 0.05) is 0 Å². The molecule has 128 valence electrons. The normalized spacial score (nSPS) is 52.2. The first-order chi connectivity index (χ1) is 10.9. The summed E-state index contributed by atoms with van der Waals surface area (Å²) in [5.41, 5.74) is 4.05. The molecule has 3 fully saturated rings. The van der Waals surface area contributed by atoms with Gasteiger partial charge in [0.05, 0.1) is 0 Å². The van der Waals surface area contributed by atoms with E-state index in [0.717, 1.165) is 29.6 Å². The Morgan fingerprint density at radius 1 is 1.09 bits per heavy atom. The van der Waals surface area contributed by atoms with Crippen molar-refractivity contribution in [3.8, 4) is 0 Å². The van der Waals surface area contributed by atoms with Crippen molar-refractivity contribution in [3.05, 3.63) is 23.8 Å². The third-order valence-electron chi connectivity index (χ3n) is 8.97. The maximum absolute atomic E-state index is 4.30. The number of fused-ring (bicyclic) bond motifs is 5. The molecule has 0 aromatic rings. The van der Waals surface area contributed by atoms with Gasteiger partial charge >= 0.3 is 0 Å². The van der Waals surface area contributed by atoms with Gasteiger partial charge in [-0.1, -0.05) is 45.4 Å². The van der Waals surface area contributed by atoms with Gasteiger partial charge in [0.1, 0.15) is 0 Å². The van der Waals surface area contributed by atoms with E-state index in [4.69, 9.17) is 0 Å². The second kappa shape index (κ2) is 5.24. The summed E-state index contributed by atoms with van der Waals surface area (Å²) in [6.45, 7) is 14.3. The van der Waals surface area contributed by atoms with E-state index in [2.05, 4.69) is 40.3 Å². The van der Waals surface area contributed by atoms with Gasteiger partial charge in [0.2, 0.25) is 0 Å². The van der Waals surface area contributed by atoms with E-state index in [-0.39, 0.29) is 0 Å². The molecule has 0 bridgehead atoms. The van der Waals surface area contributed by atoms with E-state index in [9.17, 15) is 0 Å². The summed E-state index contributed by atoms with van der Waals surface area (Å²) in [4.78, 5) is 0. The molecule has 4 aliphatic rings. The fourth-order valence-corrected chi connectivity index (χ4v) is 7.70. The predicted octanol–water partition coefficient (Wildman–Crippen LogP) is 6.78. The van der Waals surface area contributed by atoms with E-state index in [1.807, 2.05) is 0 Å². The van der Waals surface area contributed by atoms with Crippen LogP contribution in [-0.2, 0) is 0 Å². The Balaban J connectivity index is 1.62. The van der Waals surface area contributed by atoms with Crippen LogP contribution in [0.2, 0.25) is 0 Å². The highest BCUT2D eigenvalue weighted by Crippen LogP contribution is 2.67. The molecule has 0 heteroatoms.